The summed E-state index contributed by atoms with van der Waals surface area (Å²) in [5.74, 6) is -6.22. The fraction of sp³-hybridized carbons (Fsp3) is 0.176. The molecule has 9 heteroatoms. The highest BCUT2D eigenvalue weighted by Gasteiger charge is 2.21. The number of anilines is 1. The molecule has 0 radical (unpaired) electrons. The van der Waals surface area contributed by atoms with Crippen LogP contribution in [0, 0.1) is 17.5 Å². The topological polar surface area (TPSA) is 64.6 Å². The fourth-order valence-electron chi connectivity index (χ4n) is 1.84. The number of hydrogen-bond donors (Lipinski definition) is 1. The number of carbonyl (C=O) groups excluding carboxylic acids is 2. The maximum Gasteiger partial charge on any atom is 0.344 e. The zero-order chi connectivity index (χ0) is 19.3. The minimum absolute atomic E-state index is 0.257. The smallest absolute Gasteiger partial charge is 0.344 e. The molecule has 0 aliphatic rings. The van der Waals surface area contributed by atoms with E-state index in [1.807, 2.05) is 5.32 Å². The van der Waals surface area contributed by atoms with Crippen LogP contribution in [0.4, 0.5) is 18.9 Å². The molecule has 0 saturated carbocycles. The second-order valence-electron chi connectivity index (χ2n) is 5.06. The Hall–Kier alpha value is -2.74. The summed E-state index contributed by atoms with van der Waals surface area (Å²) in [6.45, 7) is 0.710. The van der Waals surface area contributed by atoms with Crippen LogP contribution in [-0.2, 0) is 14.3 Å². The van der Waals surface area contributed by atoms with Gasteiger partial charge in [0.1, 0.15) is 5.75 Å². The quantitative estimate of drug-likeness (QED) is 0.606. The second-order valence-corrected chi connectivity index (χ2v) is 5.47. The van der Waals surface area contributed by atoms with Gasteiger partial charge in [0.25, 0.3) is 5.91 Å². The van der Waals surface area contributed by atoms with Gasteiger partial charge >= 0.3 is 5.97 Å². The van der Waals surface area contributed by atoms with E-state index in [4.69, 9.17) is 21.1 Å². The Bertz CT molecular complexity index is 832. The first-order chi connectivity index (χ1) is 12.3. The summed E-state index contributed by atoms with van der Waals surface area (Å²) in [6.07, 6.45) is -1.33. The van der Waals surface area contributed by atoms with Crippen molar-refractivity contribution in [3.8, 4) is 5.75 Å². The Labute approximate surface area is 151 Å². The number of nitrogens with one attached hydrogen (secondary N) is 1. The summed E-state index contributed by atoms with van der Waals surface area (Å²) in [7, 11) is 0. The van der Waals surface area contributed by atoms with Crippen LogP contribution in [0.5, 0.6) is 5.75 Å². The average Bonchev–Trinajstić information content (AvgIpc) is 2.61. The van der Waals surface area contributed by atoms with Crippen LogP contribution in [-0.4, -0.2) is 24.6 Å². The summed E-state index contributed by atoms with van der Waals surface area (Å²) in [5, 5.41) is 2.30. The molecule has 1 atom stereocenters. The molecule has 26 heavy (non-hydrogen) atoms. The van der Waals surface area contributed by atoms with Crippen molar-refractivity contribution in [2.24, 2.45) is 0 Å². The van der Waals surface area contributed by atoms with Gasteiger partial charge in [-0.1, -0.05) is 23.7 Å². The summed E-state index contributed by atoms with van der Waals surface area (Å²) >= 11 is 5.86. The highest BCUT2D eigenvalue weighted by molar-refractivity contribution is 6.32. The molecular weight excluding hydrogens is 375 g/mol. The van der Waals surface area contributed by atoms with E-state index >= 15 is 0 Å². The standard InChI is InChI=1S/C17H13ClF3NO4/c1-9(17(24)22-12-7-6-11(19)15(20)16(12)21)26-14(23)8-25-13-5-3-2-4-10(13)18/h2-7,9H,8H2,1H3,(H,22,24)/t9-/m1/s1. The molecule has 0 unspecified atom stereocenters. The fourth-order valence-corrected chi connectivity index (χ4v) is 2.03. The first-order valence-corrected chi connectivity index (χ1v) is 7.68. The molecule has 1 N–H and O–H groups in total. The van der Waals surface area contributed by atoms with Crippen LogP contribution in [0.25, 0.3) is 0 Å². The van der Waals surface area contributed by atoms with Crippen molar-refractivity contribution in [1.82, 2.24) is 0 Å². The van der Waals surface area contributed by atoms with Crippen molar-refractivity contribution in [2.75, 3.05) is 11.9 Å². The number of amides is 1. The van der Waals surface area contributed by atoms with Gasteiger partial charge in [0.2, 0.25) is 0 Å². The predicted molar refractivity (Wildman–Crippen MR) is 87.4 cm³/mol. The van der Waals surface area contributed by atoms with E-state index in [9.17, 15) is 22.8 Å². The molecule has 0 aliphatic heterocycles. The average molecular weight is 388 g/mol. The lowest BCUT2D eigenvalue weighted by atomic mass is 10.2. The molecule has 0 aliphatic carbocycles. The van der Waals surface area contributed by atoms with Crippen molar-refractivity contribution < 1.29 is 32.2 Å². The number of hydrogen-bond acceptors (Lipinski definition) is 4. The van der Waals surface area contributed by atoms with Gasteiger partial charge < -0.3 is 14.8 Å². The number of halogens is 4. The van der Waals surface area contributed by atoms with E-state index < -0.39 is 47.7 Å². The molecule has 0 aromatic heterocycles. The Morgan fingerprint density at radius 3 is 2.50 bits per heavy atom. The van der Waals surface area contributed by atoms with E-state index in [0.29, 0.717) is 11.1 Å². The minimum Gasteiger partial charge on any atom is -0.480 e. The normalized spacial score (nSPS) is 11.6. The van der Waals surface area contributed by atoms with Crippen LogP contribution in [0.15, 0.2) is 36.4 Å². The van der Waals surface area contributed by atoms with E-state index in [1.165, 1.54) is 13.0 Å². The van der Waals surface area contributed by atoms with E-state index in [0.717, 1.165) is 6.07 Å². The van der Waals surface area contributed by atoms with E-state index in [2.05, 4.69) is 0 Å². The molecule has 5 nitrogen and oxygen atoms in total. The molecule has 2 rings (SSSR count). The van der Waals surface area contributed by atoms with Crippen LogP contribution in [0.2, 0.25) is 5.02 Å². The van der Waals surface area contributed by atoms with Gasteiger partial charge in [0.15, 0.2) is 30.2 Å². The predicted octanol–water partition coefficient (Wildman–Crippen LogP) is 3.71. The Morgan fingerprint density at radius 1 is 1.12 bits per heavy atom. The number of para-hydroxylation sites is 1. The van der Waals surface area contributed by atoms with Gasteiger partial charge in [-0.2, -0.15) is 0 Å². The van der Waals surface area contributed by atoms with Crippen molar-refractivity contribution >= 4 is 29.2 Å². The minimum atomic E-state index is -1.72. The van der Waals surface area contributed by atoms with Crippen LogP contribution in [0.1, 0.15) is 6.92 Å². The third-order valence-electron chi connectivity index (χ3n) is 3.15. The van der Waals surface area contributed by atoms with Crippen molar-refractivity contribution in [3.05, 3.63) is 58.9 Å². The maximum absolute atomic E-state index is 13.5. The van der Waals surface area contributed by atoms with Crippen LogP contribution in [0.3, 0.4) is 0 Å². The van der Waals surface area contributed by atoms with E-state index in [1.54, 1.807) is 18.2 Å². The number of benzene rings is 2. The molecule has 138 valence electrons. The summed E-state index contributed by atoms with van der Waals surface area (Å²) in [6, 6.07) is 7.94. The number of ether oxygens (including phenoxy) is 2. The van der Waals surface area contributed by atoms with Crippen molar-refractivity contribution in [2.45, 2.75) is 13.0 Å². The largest absolute Gasteiger partial charge is 0.480 e. The molecular formula is C17H13ClF3NO4. The Balaban J connectivity index is 1.89. The molecule has 0 saturated heterocycles. The summed E-state index contributed by atoms with van der Waals surface area (Å²) in [5.41, 5.74) is -0.580. The molecule has 0 fully saturated rings. The van der Waals surface area contributed by atoms with Gasteiger partial charge in [-0.05, 0) is 31.2 Å². The van der Waals surface area contributed by atoms with Gasteiger partial charge in [0.05, 0.1) is 10.7 Å². The van der Waals surface area contributed by atoms with Crippen molar-refractivity contribution in [3.63, 3.8) is 0 Å². The van der Waals surface area contributed by atoms with Crippen LogP contribution < -0.4 is 10.1 Å². The zero-order valence-corrected chi connectivity index (χ0v) is 14.1. The summed E-state index contributed by atoms with van der Waals surface area (Å²) in [4.78, 5) is 23.6. The first kappa shape index (κ1) is 19.6. The lowest BCUT2D eigenvalue weighted by molar-refractivity contribution is -0.155. The maximum atomic E-state index is 13.5. The first-order valence-electron chi connectivity index (χ1n) is 7.30. The zero-order valence-electron chi connectivity index (χ0n) is 13.4. The molecule has 0 heterocycles. The molecule has 0 spiro atoms. The Morgan fingerprint density at radius 2 is 1.81 bits per heavy atom. The monoisotopic (exact) mass is 387 g/mol. The molecule has 2 aromatic carbocycles. The lowest BCUT2D eigenvalue weighted by Gasteiger charge is -2.14. The van der Waals surface area contributed by atoms with Gasteiger partial charge in [0, 0.05) is 0 Å². The van der Waals surface area contributed by atoms with E-state index in [-0.39, 0.29) is 5.75 Å². The highest BCUT2D eigenvalue weighted by Crippen LogP contribution is 2.23. The number of carbonyl (C=O) groups is 2. The van der Waals surface area contributed by atoms with Gasteiger partial charge in [-0.15, -0.1) is 0 Å². The van der Waals surface area contributed by atoms with Gasteiger partial charge in [-0.25, -0.2) is 18.0 Å². The molecule has 2 aromatic rings. The molecule has 1 amide bonds. The lowest BCUT2D eigenvalue weighted by Crippen LogP contribution is -2.32. The molecule has 0 bridgehead atoms. The summed E-state index contributed by atoms with van der Waals surface area (Å²) < 4.78 is 49.5. The SMILES string of the molecule is C[C@@H](OC(=O)COc1ccccc1Cl)C(=O)Nc1ccc(F)c(F)c1F. The number of esters is 1. The van der Waals surface area contributed by atoms with Gasteiger partial charge in [-0.3, -0.25) is 4.79 Å². The number of rotatable bonds is 6. The second kappa shape index (κ2) is 8.57. The Kier molecular flexibility index (Phi) is 6.46. The van der Waals surface area contributed by atoms with Crippen LogP contribution >= 0.6 is 11.6 Å². The van der Waals surface area contributed by atoms with Crippen molar-refractivity contribution in [1.29, 1.82) is 0 Å². The third kappa shape index (κ3) is 4.89. The highest BCUT2D eigenvalue weighted by atomic mass is 35.5. The third-order valence-corrected chi connectivity index (χ3v) is 3.46.